The van der Waals surface area contributed by atoms with Crippen LogP contribution in [0.5, 0.6) is 5.75 Å². The molecule has 2 bridgehead atoms. The van der Waals surface area contributed by atoms with E-state index in [0.717, 1.165) is 67.4 Å². The molecule has 5 heteroatoms. The van der Waals surface area contributed by atoms with E-state index in [-0.39, 0.29) is 12.0 Å². The van der Waals surface area contributed by atoms with E-state index in [1.165, 1.54) is 18.4 Å². The molecule has 3 aliphatic rings. The first-order valence-electron chi connectivity index (χ1n) is 12.8. The van der Waals surface area contributed by atoms with E-state index in [2.05, 4.69) is 43.0 Å². The molecule has 2 saturated heterocycles. The molecular formula is C28H36ClNO3. The van der Waals surface area contributed by atoms with Gasteiger partial charge in [0.1, 0.15) is 5.75 Å². The van der Waals surface area contributed by atoms with Crippen molar-refractivity contribution in [2.75, 3.05) is 0 Å². The number of nitrogens with zero attached hydrogens (tertiary/aromatic N) is 1. The van der Waals surface area contributed by atoms with Crippen molar-refractivity contribution in [1.82, 2.24) is 4.90 Å². The van der Waals surface area contributed by atoms with E-state index >= 15 is 0 Å². The molecule has 2 aromatic carbocycles. The first kappa shape index (κ1) is 23.0. The quantitative estimate of drug-likeness (QED) is 0.484. The second kappa shape index (κ2) is 9.46. The number of hydrogen-bond acceptors (Lipinski definition) is 3. The van der Waals surface area contributed by atoms with Gasteiger partial charge in [-0.1, -0.05) is 43.6 Å². The maximum Gasteiger partial charge on any atom is 0.306 e. The van der Waals surface area contributed by atoms with E-state index in [1.54, 1.807) is 0 Å². The lowest BCUT2D eigenvalue weighted by Gasteiger charge is -2.42. The Morgan fingerprint density at radius 3 is 2.42 bits per heavy atom. The van der Waals surface area contributed by atoms with E-state index < -0.39 is 5.97 Å². The first-order chi connectivity index (χ1) is 15.9. The highest BCUT2D eigenvalue weighted by Gasteiger charge is 2.45. The summed E-state index contributed by atoms with van der Waals surface area (Å²) in [7, 11) is 0. The Balaban J connectivity index is 1.37. The number of aliphatic carboxylic acids is 1. The Kier molecular flexibility index (Phi) is 6.59. The minimum atomic E-state index is -0.624. The highest BCUT2D eigenvalue weighted by Crippen LogP contribution is 2.45. The van der Waals surface area contributed by atoms with E-state index in [1.807, 2.05) is 6.07 Å². The number of carboxylic acid groups (broad SMARTS) is 1. The SMILES string of the molecule is CCC(c1ccc2c(Cl)c(OC3CCC(C)CC3)ccc2c1)N1C2CCC1CC(C(=O)O)C2. The molecule has 2 aromatic rings. The molecule has 1 aliphatic carbocycles. The van der Waals surface area contributed by atoms with Crippen LogP contribution in [0.25, 0.3) is 10.8 Å². The molecule has 178 valence electrons. The van der Waals surface area contributed by atoms with Crippen LogP contribution in [-0.2, 0) is 4.79 Å². The minimum Gasteiger partial charge on any atom is -0.489 e. The number of halogens is 1. The number of ether oxygens (including phenoxy) is 1. The molecule has 1 N–H and O–H groups in total. The number of benzene rings is 2. The molecule has 2 aliphatic heterocycles. The van der Waals surface area contributed by atoms with Crippen LogP contribution in [0.4, 0.5) is 0 Å². The van der Waals surface area contributed by atoms with Gasteiger partial charge in [0.2, 0.25) is 0 Å². The van der Waals surface area contributed by atoms with Gasteiger partial charge in [-0.25, -0.2) is 0 Å². The van der Waals surface area contributed by atoms with Gasteiger partial charge in [-0.2, -0.15) is 0 Å². The summed E-state index contributed by atoms with van der Waals surface area (Å²) in [5.74, 6) is 0.794. The van der Waals surface area contributed by atoms with Gasteiger partial charge in [0.05, 0.1) is 17.0 Å². The normalized spacial score (nSPS) is 30.9. The number of hydrogen-bond donors (Lipinski definition) is 1. The smallest absolute Gasteiger partial charge is 0.306 e. The van der Waals surface area contributed by atoms with Gasteiger partial charge in [-0.05, 0) is 86.8 Å². The van der Waals surface area contributed by atoms with Crippen LogP contribution in [0.1, 0.15) is 83.2 Å². The van der Waals surface area contributed by atoms with Crippen molar-refractivity contribution in [2.45, 2.75) is 95.9 Å². The topological polar surface area (TPSA) is 49.8 Å². The predicted molar refractivity (Wildman–Crippen MR) is 133 cm³/mol. The lowest BCUT2D eigenvalue weighted by atomic mass is 9.87. The first-order valence-corrected chi connectivity index (χ1v) is 13.2. The van der Waals surface area contributed by atoms with Gasteiger partial charge >= 0.3 is 5.97 Å². The van der Waals surface area contributed by atoms with Gasteiger partial charge < -0.3 is 9.84 Å². The third-order valence-electron chi connectivity index (χ3n) is 8.47. The lowest BCUT2D eigenvalue weighted by Crippen LogP contribution is -2.46. The fourth-order valence-corrected chi connectivity index (χ4v) is 6.94. The van der Waals surface area contributed by atoms with Crippen molar-refractivity contribution in [2.24, 2.45) is 11.8 Å². The Labute approximate surface area is 202 Å². The molecule has 5 rings (SSSR count). The number of carboxylic acids is 1. The van der Waals surface area contributed by atoms with Crippen molar-refractivity contribution in [3.8, 4) is 5.75 Å². The second-order valence-corrected chi connectivity index (χ2v) is 11.0. The van der Waals surface area contributed by atoms with E-state index in [4.69, 9.17) is 16.3 Å². The van der Waals surface area contributed by atoms with Crippen molar-refractivity contribution in [3.63, 3.8) is 0 Å². The molecule has 33 heavy (non-hydrogen) atoms. The number of fused-ring (bicyclic) bond motifs is 3. The van der Waals surface area contributed by atoms with Crippen molar-refractivity contribution < 1.29 is 14.6 Å². The molecule has 0 spiro atoms. The number of piperidine rings is 1. The Morgan fingerprint density at radius 2 is 1.79 bits per heavy atom. The van der Waals surface area contributed by atoms with Gasteiger partial charge in [0, 0.05) is 23.5 Å². The van der Waals surface area contributed by atoms with Crippen LogP contribution in [-0.4, -0.2) is 34.2 Å². The zero-order chi connectivity index (χ0) is 23.1. The van der Waals surface area contributed by atoms with Crippen LogP contribution in [0, 0.1) is 11.8 Å². The second-order valence-electron chi connectivity index (χ2n) is 10.6. The standard InChI is InChI=1S/C28H36ClNO3/c1-3-25(30-21-8-9-22(30)16-20(15-21)28(31)32)19-6-12-24-18(14-19)7-13-26(27(24)29)33-23-10-4-17(2)5-11-23/h6-7,12-14,17,20-23,25H,3-5,8-11,15-16H2,1-2H3,(H,31,32). The van der Waals surface area contributed by atoms with Gasteiger partial charge in [-0.15, -0.1) is 0 Å². The Morgan fingerprint density at radius 1 is 1.09 bits per heavy atom. The summed E-state index contributed by atoms with van der Waals surface area (Å²) in [6.07, 6.45) is 9.74. The van der Waals surface area contributed by atoms with Crippen LogP contribution < -0.4 is 4.74 Å². The largest absolute Gasteiger partial charge is 0.489 e. The van der Waals surface area contributed by atoms with E-state index in [0.29, 0.717) is 23.1 Å². The van der Waals surface area contributed by atoms with Gasteiger partial charge in [0.25, 0.3) is 0 Å². The predicted octanol–water partition coefficient (Wildman–Crippen LogP) is 7.23. The maximum atomic E-state index is 11.6. The van der Waals surface area contributed by atoms with Crippen LogP contribution in [0.15, 0.2) is 30.3 Å². The summed E-state index contributed by atoms with van der Waals surface area (Å²) in [4.78, 5) is 14.2. The van der Waals surface area contributed by atoms with Crippen LogP contribution in [0.3, 0.4) is 0 Å². The molecular weight excluding hydrogens is 434 g/mol. The zero-order valence-electron chi connectivity index (χ0n) is 19.8. The van der Waals surface area contributed by atoms with Crippen molar-refractivity contribution in [3.05, 3.63) is 40.9 Å². The molecule has 3 fully saturated rings. The third-order valence-corrected chi connectivity index (χ3v) is 8.86. The molecule has 0 radical (unpaired) electrons. The average Bonchev–Trinajstić information content (AvgIpc) is 3.05. The van der Waals surface area contributed by atoms with Crippen LogP contribution >= 0.6 is 11.6 Å². The van der Waals surface area contributed by atoms with Gasteiger partial charge in [-0.3, -0.25) is 9.69 Å². The summed E-state index contributed by atoms with van der Waals surface area (Å²) < 4.78 is 6.31. The maximum absolute atomic E-state index is 11.6. The monoisotopic (exact) mass is 469 g/mol. The molecule has 0 aromatic heterocycles. The van der Waals surface area contributed by atoms with E-state index in [9.17, 15) is 9.90 Å². The molecule has 3 atom stereocenters. The highest BCUT2D eigenvalue weighted by molar-refractivity contribution is 6.37. The summed E-state index contributed by atoms with van der Waals surface area (Å²) in [5.41, 5.74) is 1.31. The number of carbonyl (C=O) groups is 1. The van der Waals surface area contributed by atoms with Crippen molar-refractivity contribution in [1.29, 1.82) is 0 Å². The average molecular weight is 470 g/mol. The van der Waals surface area contributed by atoms with Crippen LogP contribution in [0.2, 0.25) is 5.02 Å². The summed E-state index contributed by atoms with van der Waals surface area (Å²) in [5, 5.41) is 12.4. The Hall–Kier alpha value is -1.78. The highest BCUT2D eigenvalue weighted by atomic mass is 35.5. The summed E-state index contributed by atoms with van der Waals surface area (Å²) in [6, 6.07) is 11.9. The molecule has 2 heterocycles. The van der Waals surface area contributed by atoms with Crippen molar-refractivity contribution >= 4 is 28.3 Å². The summed E-state index contributed by atoms with van der Waals surface area (Å²) in [6.45, 7) is 4.56. The number of rotatable bonds is 6. The molecule has 1 saturated carbocycles. The molecule has 4 nitrogen and oxygen atoms in total. The fourth-order valence-electron chi connectivity index (χ4n) is 6.66. The third kappa shape index (κ3) is 4.49. The summed E-state index contributed by atoms with van der Waals surface area (Å²) >= 11 is 6.81. The Bertz CT molecular complexity index is 1000. The minimum absolute atomic E-state index is 0.183. The lowest BCUT2D eigenvalue weighted by molar-refractivity contribution is -0.144. The fraction of sp³-hybridized carbons (Fsp3) is 0.607. The van der Waals surface area contributed by atoms with Gasteiger partial charge in [0.15, 0.2) is 0 Å². The zero-order valence-corrected chi connectivity index (χ0v) is 20.6. The molecule has 3 unspecified atom stereocenters. The molecule has 0 amide bonds.